The summed E-state index contributed by atoms with van der Waals surface area (Å²) in [4.78, 5) is 2.66. The minimum Gasteiger partial charge on any atom is -0.311 e. The van der Waals surface area contributed by atoms with E-state index in [2.05, 4.69) is 65.1 Å². The summed E-state index contributed by atoms with van der Waals surface area (Å²) in [7, 11) is 0. The van der Waals surface area contributed by atoms with Gasteiger partial charge in [0.2, 0.25) is 0 Å². The van der Waals surface area contributed by atoms with Crippen LogP contribution in [0.2, 0.25) is 0 Å². The number of rotatable bonds is 6. The van der Waals surface area contributed by atoms with Crippen molar-refractivity contribution < 1.29 is 0 Å². The van der Waals surface area contributed by atoms with E-state index in [4.69, 9.17) is 0 Å². The van der Waals surface area contributed by atoms with E-state index in [1.165, 1.54) is 41.5 Å². The molecule has 0 radical (unpaired) electrons. The molecular weight excluding hydrogens is 312 g/mol. The number of hydrogen-bond donors (Lipinski definition) is 1. The standard InChI is InChI=1S/C17H27BrN2/c1-13(2)17(20-8-4-5-9-20)12-19-11-15-7-6-14(3)16(18)10-15/h6-7,10,13,17,19H,4-5,8-9,11-12H2,1-3H3. The molecule has 1 atom stereocenters. The summed E-state index contributed by atoms with van der Waals surface area (Å²) in [6.45, 7) is 11.4. The van der Waals surface area contributed by atoms with Crippen LogP contribution in [0, 0.1) is 12.8 Å². The van der Waals surface area contributed by atoms with Crippen molar-refractivity contribution in [3.05, 3.63) is 33.8 Å². The Balaban J connectivity index is 1.84. The van der Waals surface area contributed by atoms with E-state index in [0.29, 0.717) is 12.0 Å². The van der Waals surface area contributed by atoms with E-state index >= 15 is 0 Å². The highest BCUT2D eigenvalue weighted by Gasteiger charge is 2.23. The van der Waals surface area contributed by atoms with Gasteiger partial charge < -0.3 is 5.32 Å². The van der Waals surface area contributed by atoms with Crippen molar-refractivity contribution in [2.24, 2.45) is 5.92 Å². The van der Waals surface area contributed by atoms with Crippen LogP contribution in [0.3, 0.4) is 0 Å². The van der Waals surface area contributed by atoms with E-state index < -0.39 is 0 Å². The van der Waals surface area contributed by atoms with Gasteiger partial charge in [0, 0.05) is 23.6 Å². The second-order valence-electron chi connectivity index (χ2n) is 6.27. The molecule has 0 amide bonds. The first-order valence-electron chi connectivity index (χ1n) is 7.77. The molecule has 1 aromatic rings. The zero-order valence-corrected chi connectivity index (χ0v) is 14.5. The lowest BCUT2D eigenvalue weighted by atomic mass is 10.0. The summed E-state index contributed by atoms with van der Waals surface area (Å²) in [5.41, 5.74) is 2.65. The van der Waals surface area contributed by atoms with Gasteiger partial charge in [-0.1, -0.05) is 41.9 Å². The van der Waals surface area contributed by atoms with Crippen molar-refractivity contribution in [3.8, 4) is 0 Å². The van der Waals surface area contributed by atoms with Gasteiger partial charge in [0.15, 0.2) is 0 Å². The molecule has 0 saturated carbocycles. The Kier molecular flexibility index (Phi) is 6.06. The van der Waals surface area contributed by atoms with Crippen LogP contribution in [-0.4, -0.2) is 30.6 Å². The Morgan fingerprint density at radius 3 is 2.55 bits per heavy atom. The minimum absolute atomic E-state index is 0.673. The summed E-state index contributed by atoms with van der Waals surface area (Å²) in [5, 5.41) is 3.64. The largest absolute Gasteiger partial charge is 0.311 e. The van der Waals surface area contributed by atoms with Crippen molar-refractivity contribution in [2.75, 3.05) is 19.6 Å². The molecule has 1 N–H and O–H groups in total. The van der Waals surface area contributed by atoms with Crippen LogP contribution in [0.4, 0.5) is 0 Å². The van der Waals surface area contributed by atoms with E-state index in [9.17, 15) is 0 Å². The van der Waals surface area contributed by atoms with Gasteiger partial charge in [0.05, 0.1) is 0 Å². The summed E-state index contributed by atoms with van der Waals surface area (Å²) < 4.78 is 1.21. The second kappa shape index (κ2) is 7.58. The molecule has 0 aromatic heterocycles. The van der Waals surface area contributed by atoms with Gasteiger partial charge >= 0.3 is 0 Å². The van der Waals surface area contributed by atoms with Gasteiger partial charge in [-0.15, -0.1) is 0 Å². The monoisotopic (exact) mass is 338 g/mol. The molecule has 0 aliphatic carbocycles. The fraction of sp³-hybridized carbons (Fsp3) is 0.647. The highest BCUT2D eigenvalue weighted by atomic mass is 79.9. The first-order chi connectivity index (χ1) is 9.58. The molecule has 20 heavy (non-hydrogen) atoms. The molecule has 1 fully saturated rings. The number of nitrogens with one attached hydrogen (secondary N) is 1. The maximum absolute atomic E-state index is 3.64. The molecule has 1 heterocycles. The Hall–Kier alpha value is -0.380. The number of nitrogens with zero attached hydrogens (tertiary/aromatic N) is 1. The first kappa shape index (κ1) is 16.0. The van der Waals surface area contributed by atoms with Crippen molar-refractivity contribution in [3.63, 3.8) is 0 Å². The molecule has 1 unspecified atom stereocenters. The van der Waals surface area contributed by atoms with Gasteiger partial charge in [-0.05, 0) is 56.0 Å². The van der Waals surface area contributed by atoms with E-state index in [-0.39, 0.29) is 0 Å². The number of likely N-dealkylation sites (tertiary alicyclic amines) is 1. The third kappa shape index (κ3) is 4.31. The quantitative estimate of drug-likeness (QED) is 0.844. The van der Waals surface area contributed by atoms with E-state index in [1.807, 2.05) is 0 Å². The van der Waals surface area contributed by atoms with Gasteiger partial charge in [-0.25, -0.2) is 0 Å². The lowest BCUT2D eigenvalue weighted by Crippen LogP contribution is -2.44. The Morgan fingerprint density at radius 1 is 1.25 bits per heavy atom. The normalized spacial score (nSPS) is 17.9. The highest BCUT2D eigenvalue weighted by molar-refractivity contribution is 9.10. The predicted molar refractivity (Wildman–Crippen MR) is 90.0 cm³/mol. The smallest absolute Gasteiger partial charge is 0.0243 e. The molecule has 1 aliphatic rings. The molecule has 3 heteroatoms. The molecule has 1 aliphatic heterocycles. The fourth-order valence-electron chi connectivity index (χ4n) is 2.97. The summed E-state index contributed by atoms with van der Waals surface area (Å²) in [6, 6.07) is 7.29. The highest BCUT2D eigenvalue weighted by Crippen LogP contribution is 2.19. The van der Waals surface area contributed by atoms with Crippen LogP contribution in [0.1, 0.15) is 37.8 Å². The van der Waals surface area contributed by atoms with Crippen LogP contribution >= 0.6 is 15.9 Å². The zero-order valence-electron chi connectivity index (χ0n) is 13.0. The molecule has 112 valence electrons. The SMILES string of the molecule is Cc1ccc(CNCC(C(C)C)N2CCCC2)cc1Br. The van der Waals surface area contributed by atoms with Crippen LogP contribution < -0.4 is 5.32 Å². The molecule has 0 bridgehead atoms. The van der Waals surface area contributed by atoms with Gasteiger partial charge in [0.1, 0.15) is 0 Å². The molecule has 0 spiro atoms. The summed E-state index contributed by atoms with van der Waals surface area (Å²) in [6.07, 6.45) is 2.74. The minimum atomic E-state index is 0.673. The van der Waals surface area contributed by atoms with E-state index in [0.717, 1.165) is 13.1 Å². The number of hydrogen-bond acceptors (Lipinski definition) is 2. The van der Waals surface area contributed by atoms with Crippen molar-refractivity contribution in [2.45, 2.75) is 46.2 Å². The average Bonchev–Trinajstić information content (AvgIpc) is 2.92. The molecule has 2 rings (SSSR count). The van der Waals surface area contributed by atoms with Crippen LogP contribution in [0.25, 0.3) is 0 Å². The van der Waals surface area contributed by atoms with Gasteiger partial charge in [0.25, 0.3) is 0 Å². The van der Waals surface area contributed by atoms with Crippen molar-refractivity contribution in [1.82, 2.24) is 10.2 Å². The number of aryl methyl sites for hydroxylation is 1. The van der Waals surface area contributed by atoms with Gasteiger partial charge in [-0.3, -0.25) is 4.90 Å². The summed E-state index contributed by atoms with van der Waals surface area (Å²) >= 11 is 3.61. The Morgan fingerprint density at radius 2 is 1.95 bits per heavy atom. The molecule has 1 saturated heterocycles. The van der Waals surface area contributed by atoms with Crippen LogP contribution in [0.15, 0.2) is 22.7 Å². The number of benzene rings is 1. The maximum atomic E-state index is 3.64. The molecular formula is C17H27BrN2. The van der Waals surface area contributed by atoms with Gasteiger partial charge in [-0.2, -0.15) is 0 Å². The lowest BCUT2D eigenvalue weighted by Gasteiger charge is -2.31. The topological polar surface area (TPSA) is 15.3 Å². The molecule has 1 aromatic carbocycles. The third-order valence-corrected chi connectivity index (χ3v) is 5.15. The number of halogens is 1. The third-order valence-electron chi connectivity index (χ3n) is 4.30. The zero-order chi connectivity index (χ0) is 14.5. The maximum Gasteiger partial charge on any atom is 0.0243 e. The van der Waals surface area contributed by atoms with Crippen molar-refractivity contribution >= 4 is 15.9 Å². The average molecular weight is 339 g/mol. The Bertz CT molecular complexity index is 425. The molecule has 2 nitrogen and oxygen atoms in total. The lowest BCUT2D eigenvalue weighted by molar-refractivity contribution is 0.186. The second-order valence-corrected chi connectivity index (χ2v) is 7.12. The first-order valence-corrected chi connectivity index (χ1v) is 8.57. The van der Waals surface area contributed by atoms with Crippen LogP contribution in [-0.2, 0) is 6.54 Å². The predicted octanol–water partition coefficient (Wildman–Crippen LogP) is 3.97. The van der Waals surface area contributed by atoms with E-state index in [1.54, 1.807) is 0 Å². The van der Waals surface area contributed by atoms with Crippen molar-refractivity contribution in [1.29, 1.82) is 0 Å². The van der Waals surface area contributed by atoms with Crippen LogP contribution in [0.5, 0.6) is 0 Å². The summed E-state index contributed by atoms with van der Waals surface area (Å²) in [5.74, 6) is 0.713. The fourth-order valence-corrected chi connectivity index (χ4v) is 3.40. The Labute approximate surface area is 132 Å².